The Hall–Kier alpha value is -3.32. The first-order chi connectivity index (χ1) is 15.0. The van der Waals surface area contributed by atoms with E-state index in [1.54, 1.807) is 19.3 Å². The lowest BCUT2D eigenvalue weighted by atomic mass is 10.0. The quantitative estimate of drug-likeness (QED) is 0.666. The molecule has 0 radical (unpaired) electrons. The number of likely N-dealkylation sites (tertiary alicyclic amines) is 1. The number of nitrogens with one attached hydrogen (secondary N) is 2. The van der Waals surface area contributed by atoms with Gasteiger partial charge in [0.05, 0.1) is 11.0 Å². The molecule has 1 atom stereocenters. The van der Waals surface area contributed by atoms with Gasteiger partial charge < -0.3 is 10.3 Å². The lowest BCUT2D eigenvalue weighted by Crippen LogP contribution is -2.20. The Morgan fingerprint density at radius 1 is 1.29 bits per heavy atom. The van der Waals surface area contributed by atoms with Gasteiger partial charge in [-0.05, 0) is 41.7 Å². The summed E-state index contributed by atoms with van der Waals surface area (Å²) in [7, 11) is 1.60. The summed E-state index contributed by atoms with van der Waals surface area (Å²) >= 11 is 0. The molecule has 1 aliphatic rings. The summed E-state index contributed by atoms with van der Waals surface area (Å²) in [5, 5.41) is 2.58. The van der Waals surface area contributed by atoms with Crippen LogP contribution in [0.15, 0.2) is 47.0 Å². The Kier molecular flexibility index (Phi) is 5.95. The number of hydrogen-bond acceptors (Lipinski definition) is 5. The lowest BCUT2D eigenvalue weighted by molar-refractivity contribution is 0.0958. The number of fused-ring (bicyclic) bond motifs is 1. The Morgan fingerprint density at radius 3 is 2.84 bits per heavy atom. The second-order valence-corrected chi connectivity index (χ2v) is 8.10. The van der Waals surface area contributed by atoms with Crippen LogP contribution >= 0.6 is 0 Å². The van der Waals surface area contributed by atoms with E-state index in [1.807, 2.05) is 31.3 Å². The van der Waals surface area contributed by atoms with Crippen molar-refractivity contribution in [2.45, 2.75) is 26.8 Å². The average Bonchev–Trinajstić information content (AvgIpc) is 3.11. The van der Waals surface area contributed by atoms with Gasteiger partial charge in [0.15, 0.2) is 0 Å². The predicted octanol–water partition coefficient (Wildman–Crippen LogP) is 2.78. The molecule has 4 rings (SSSR count). The van der Waals surface area contributed by atoms with Crippen LogP contribution in [0.3, 0.4) is 0 Å². The van der Waals surface area contributed by atoms with Crippen LogP contribution in [-0.4, -0.2) is 45.9 Å². The molecule has 2 N–H and O–H groups in total. The minimum absolute atomic E-state index is 0.0370. The highest BCUT2D eigenvalue weighted by atomic mass is 16.1. The Bertz CT molecular complexity index is 1200. The van der Waals surface area contributed by atoms with Gasteiger partial charge in [0.25, 0.3) is 11.5 Å². The van der Waals surface area contributed by atoms with Gasteiger partial charge in [0.1, 0.15) is 5.69 Å². The van der Waals surface area contributed by atoms with Crippen molar-refractivity contribution in [3.8, 4) is 0 Å². The molecule has 1 amide bonds. The molecule has 31 heavy (non-hydrogen) atoms. The number of aromatic nitrogens is 3. The number of rotatable bonds is 5. The number of amides is 1. The number of hydrogen-bond donors (Lipinski definition) is 2. The summed E-state index contributed by atoms with van der Waals surface area (Å²) in [6.07, 6.45) is 6.49. The SMILES string of the molecule is CCc1cc2ncc(CN3C/C(=C/c4ccc(C(=O)NC)nc4)C(C)C3)cc2[nH]c1=O. The molecule has 7 nitrogen and oxygen atoms in total. The number of H-pyrrole nitrogens is 1. The van der Waals surface area contributed by atoms with Crippen LogP contribution in [0.1, 0.15) is 41.0 Å². The van der Waals surface area contributed by atoms with Crippen LogP contribution in [0, 0.1) is 5.92 Å². The van der Waals surface area contributed by atoms with Crippen LogP contribution in [0.4, 0.5) is 0 Å². The van der Waals surface area contributed by atoms with Crippen molar-refractivity contribution in [2.75, 3.05) is 20.1 Å². The standard InChI is InChI=1S/C24H27N5O2/c1-4-18-9-21-22(28-23(18)30)8-17(11-27-21)13-29-12-15(2)19(14-29)7-16-5-6-20(26-10-16)24(31)25-3/h5-11,15H,4,12-14H2,1-3H3,(H,25,31)(H,28,30)/b19-7-. The van der Waals surface area contributed by atoms with Gasteiger partial charge in [-0.15, -0.1) is 0 Å². The molecule has 4 heterocycles. The Labute approximate surface area is 181 Å². The van der Waals surface area contributed by atoms with Crippen LogP contribution in [0.5, 0.6) is 0 Å². The number of aromatic amines is 1. The highest BCUT2D eigenvalue weighted by Gasteiger charge is 2.24. The normalized spacial score (nSPS) is 18.0. The molecule has 160 valence electrons. The number of carbonyl (C=O) groups is 1. The minimum atomic E-state index is -0.184. The third-order valence-electron chi connectivity index (χ3n) is 5.78. The predicted molar refractivity (Wildman–Crippen MR) is 122 cm³/mol. The van der Waals surface area contributed by atoms with Crippen LogP contribution in [0.25, 0.3) is 17.1 Å². The van der Waals surface area contributed by atoms with Crippen molar-refractivity contribution in [1.29, 1.82) is 0 Å². The molecule has 3 aromatic heterocycles. The molecule has 3 aromatic rings. The topological polar surface area (TPSA) is 91.0 Å². The summed E-state index contributed by atoms with van der Waals surface area (Å²) in [5.74, 6) is 0.245. The average molecular weight is 418 g/mol. The summed E-state index contributed by atoms with van der Waals surface area (Å²) in [6.45, 7) is 6.79. The summed E-state index contributed by atoms with van der Waals surface area (Å²) in [5.41, 5.74) is 6.15. The molecular formula is C24H27N5O2. The van der Waals surface area contributed by atoms with Gasteiger partial charge in [-0.3, -0.25) is 24.5 Å². The smallest absolute Gasteiger partial charge is 0.269 e. The molecule has 7 heteroatoms. The van der Waals surface area contributed by atoms with Gasteiger partial charge >= 0.3 is 0 Å². The van der Waals surface area contributed by atoms with Gasteiger partial charge in [0, 0.05) is 44.6 Å². The van der Waals surface area contributed by atoms with E-state index in [4.69, 9.17) is 0 Å². The lowest BCUT2D eigenvalue weighted by Gasteiger charge is -2.15. The highest BCUT2D eigenvalue weighted by molar-refractivity contribution is 5.92. The Morgan fingerprint density at radius 2 is 2.13 bits per heavy atom. The molecule has 0 spiro atoms. The summed E-state index contributed by atoms with van der Waals surface area (Å²) in [6, 6.07) is 7.57. The minimum Gasteiger partial charge on any atom is -0.354 e. The van der Waals surface area contributed by atoms with Crippen LogP contribution in [0.2, 0.25) is 0 Å². The van der Waals surface area contributed by atoms with E-state index in [1.165, 1.54) is 5.57 Å². The summed E-state index contributed by atoms with van der Waals surface area (Å²) < 4.78 is 0. The summed E-state index contributed by atoms with van der Waals surface area (Å²) in [4.78, 5) is 37.9. The molecule has 0 aliphatic carbocycles. The number of pyridine rings is 3. The first kappa shape index (κ1) is 20.9. The molecule has 0 bridgehead atoms. The maximum Gasteiger partial charge on any atom is 0.269 e. The molecule has 1 saturated heterocycles. The van der Waals surface area contributed by atoms with Crippen molar-refractivity contribution >= 4 is 23.0 Å². The second-order valence-electron chi connectivity index (χ2n) is 8.10. The molecular weight excluding hydrogens is 390 g/mol. The van der Waals surface area contributed by atoms with Crippen molar-refractivity contribution in [3.05, 3.63) is 75.0 Å². The monoisotopic (exact) mass is 417 g/mol. The van der Waals surface area contributed by atoms with Crippen molar-refractivity contribution < 1.29 is 4.79 Å². The van der Waals surface area contributed by atoms with Crippen molar-refractivity contribution in [2.24, 2.45) is 5.92 Å². The van der Waals surface area contributed by atoms with Gasteiger partial charge in [-0.2, -0.15) is 0 Å². The van der Waals surface area contributed by atoms with E-state index >= 15 is 0 Å². The zero-order valence-electron chi connectivity index (χ0n) is 18.1. The third kappa shape index (κ3) is 4.56. The fraction of sp³-hybridized carbons (Fsp3) is 0.333. The van der Waals surface area contributed by atoms with E-state index in [-0.39, 0.29) is 11.5 Å². The van der Waals surface area contributed by atoms with E-state index < -0.39 is 0 Å². The molecule has 1 fully saturated rings. The van der Waals surface area contributed by atoms with E-state index in [0.717, 1.165) is 47.4 Å². The van der Waals surface area contributed by atoms with Crippen LogP contribution in [-0.2, 0) is 13.0 Å². The number of carbonyl (C=O) groups excluding carboxylic acids is 1. The Balaban J connectivity index is 1.48. The van der Waals surface area contributed by atoms with E-state index in [9.17, 15) is 9.59 Å². The first-order valence-corrected chi connectivity index (χ1v) is 10.6. The fourth-order valence-electron chi connectivity index (χ4n) is 4.03. The fourth-order valence-corrected chi connectivity index (χ4v) is 4.03. The van der Waals surface area contributed by atoms with Gasteiger partial charge in [-0.1, -0.05) is 31.6 Å². The zero-order chi connectivity index (χ0) is 22.0. The number of nitrogens with zero attached hydrogens (tertiary/aromatic N) is 3. The van der Waals surface area contributed by atoms with Crippen molar-refractivity contribution in [1.82, 2.24) is 25.2 Å². The first-order valence-electron chi connectivity index (χ1n) is 10.6. The zero-order valence-corrected chi connectivity index (χ0v) is 18.1. The third-order valence-corrected chi connectivity index (χ3v) is 5.78. The van der Waals surface area contributed by atoms with Gasteiger partial charge in [0.2, 0.25) is 0 Å². The van der Waals surface area contributed by atoms with Gasteiger partial charge in [-0.25, -0.2) is 0 Å². The number of aryl methyl sites for hydroxylation is 1. The molecule has 1 aliphatic heterocycles. The van der Waals surface area contributed by atoms with E-state index in [0.29, 0.717) is 18.0 Å². The molecule has 0 aromatic carbocycles. The highest BCUT2D eigenvalue weighted by Crippen LogP contribution is 2.26. The second kappa shape index (κ2) is 8.81. The molecule has 1 unspecified atom stereocenters. The molecule has 0 saturated carbocycles. The van der Waals surface area contributed by atoms with Crippen molar-refractivity contribution in [3.63, 3.8) is 0 Å². The van der Waals surface area contributed by atoms with Crippen LogP contribution < -0.4 is 10.9 Å². The maximum absolute atomic E-state index is 12.1. The maximum atomic E-state index is 12.1. The van der Waals surface area contributed by atoms with E-state index in [2.05, 4.69) is 38.2 Å². The largest absolute Gasteiger partial charge is 0.354 e.